The van der Waals surface area contributed by atoms with E-state index in [0.717, 1.165) is 6.92 Å². The van der Waals surface area contributed by atoms with Gasteiger partial charge in [0.25, 0.3) is 0 Å². The van der Waals surface area contributed by atoms with Crippen LogP contribution < -0.4 is 0 Å². The maximum absolute atomic E-state index is 12.3. The molecule has 0 saturated heterocycles. The molecule has 19 heavy (non-hydrogen) atoms. The first-order chi connectivity index (χ1) is 8.51. The lowest BCUT2D eigenvalue weighted by atomic mass is 10.0. The molecule has 0 aromatic heterocycles. The van der Waals surface area contributed by atoms with Gasteiger partial charge in [0.1, 0.15) is 0 Å². The van der Waals surface area contributed by atoms with Crippen LogP contribution in [0.5, 0.6) is 0 Å². The molecule has 0 aliphatic heterocycles. The molecule has 0 N–H and O–H groups in total. The van der Waals surface area contributed by atoms with Crippen LogP contribution in [-0.4, -0.2) is 5.78 Å². The highest BCUT2D eigenvalue weighted by atomic mass is 19.4. The minimum Gasteiger partial charge on any atom is -0.295 e. The Morgan fingerprint density at radius 2 is 1.16 bits per heavy atom. The zero-order valence-corrected chi connectivity index (χ0v) is 10.4. The SMILES string of the molecule is CC.CC(=O)c1cc(C(F)(F)F)cc(C(F)(F)F)c1. The molecule has 0 aliphatic rings. The quantitative estimate of drug-likeness (QED) is 0.527. The number of benzene rings is 1. The van der Waals surface area contributed by atoms with Crippen LogP contribution in [0.25, 0.3) is 0 Å². The van der Waals surface area contributed by atoms with Gasteiger partial charge >= 0.3 is 12.4 Å². The van der Waals surface area contributed by atoms with Crippen LogP contribution in [0.2, 0.25) is 0 Å². The Morgan fingerprint density at radius 3 is 1.37 bits per heavy atom. The molecule has 0 bridgehead atoms. The molecule has 0 amide bonds. The summed E-state index contributed by atoms with van der Waals surface area (Å²) in [7, 11) is 0. The summed E-state index contributed by atoms with van der Waals surface area (Å²) in [6.07, 6.45) is -9.85. The molecular weight excluding hydrogens is 274 g/mol. The predicted octanol–water partition coefficient (Wildman–Crippen LogP) is 4.95. The zero-order valence-electron chi connectivity index (χ0n) is 10.4. The highest BCUT2D eigenvalue weighted by Gasteiger charge is 2.37. The Morgan fingerprint density at radius 1 is 0.842 bits per heavy atom. The van der Waals surface area contributed by atoms with Gasteiger partial charge in [0.15, 0.2) is 5.78 Å². The maximum atomic E-state index is 12.3. The van der Waals surface area contributed by atoms with Crippen molar-refractivity contribution in [1.29, 1.82) is 0 Å². The molecule has 7 heteroatoms. The first-order valence-corrected chi connectivity index (χ1v) is 5.32. The number of halogens is 6. The summed E-state index contributed by atoms with van der Waals surface area (Å²) in [6.45, 7) is 4.90. The van der Waals surface area contributed by atoms with Gasteiger partial charge in [0.2, 0.25) is 0 Å². The van der Waals surface area contributed by atoms with Crippen molar-refractivity contribution in [3.05, 3.63) is 34.9 Å². The van der Waals surface area contributed by atoms with Crippen molar-refractivity contribution in [3.8, 4) is 0 Å². The van der Waals surface area contributed by atoms with Gasteiger partial charge in [0, 0.05) is 5.56 Å². The van der Waals surface area contributed by atoms with Crippen molar-refractivity contribution in [2.24, 2.45) is 0 Å². The second-order valence-corrected chi connectivity index (χ2v) is 3.35. The van der Waals surface area contributed by atoms with E-state index in [4.69, 9.17) is 0 Å². The average Bonchev–Trinajstić information content (AvgIpc) is 2.28. The Bertz CT molecular complexity index is 412. The van der Waals surface area contributed by atoms with Gasteiger partial charge in [-0.15, -0.1) is 0 Å². The molecule has 0 heterocycles. The van der Waals surface area contributed by atoms with E-state index in [-0.39, 0.29) is 6.07 Å². The third kappa shape index (κ3) is 4.92. The second kappa shape index (κ2) is 6.08. The van der Waals surface area contributed by atoms with Gasteiger partial charge in [-0.1, -0.05) is 13.8 Å². The van der Waals surface area contributed by atoms with E-state index in [0.29, 0.717) is 12.1 Å². The van der Waals surface area contributed by atoms with Crippen molar-refractivity contribution in [1.82, 2.24) is 0 Å². The summed E-state index contributed by atoms with van der Waals surface area (Å²) >= 11 is 0. The number of hydrogen-bond acceptors (Lipinski definition) is 1. The van der Waals surface area contributed by atoms with Crippen LogP contribution in [-0.2, 0) is 12.4 Å². The number of rotatable bonds is 1. The fraction of sp³-hybridized carbons (Fsp3) is 0.417. The molecule has 0 spiro atoms. The predicted molar refractivity (Wildman–Crippen MR) is 57.8 cm³/mol. The number of Topliss-reactive ketones (excluding diaryl/α,β-unsaturated/α-hetero) is 1. The summed E-state index contributed by atoms with van der Waals surface area (Å²) in [5, 5.41) is 0. The molecule has 0 atom stereocenters. The average molecular weight is 286 g/mol. The van der Waals surface area contributed by atoms with Crippen molar-refractivity contribution < 1.29 is 31.1 Å². The van der Waals surface area contributed by atoms with Crippen LogP contribution >= 0.6 is 0 Å². The van der Waals surface area contributed by atoms with Crippen molar-refractivity contribution >= 4 is 5.78 Å². The normalized spacial score (nSPS) is 11.6. The van der Waals surface area contributed by atoms with Crippen molar-refractivity contribution in [3.63, 3.8) is 0 Å². The fourth-order valence-corrected chi connectivity index (χ4v) is 1.16. The van der Waals surface area contributed by atoms with E-state index in [9.17, 15) is 31.1 Å². The number of carbonyl (C=O) groups excluding carboxylic acids is 1. The number of carbonyl (C=O) groups is 1. The summed E-state index contributed by atoms with van der Waals surface area (Å²) < 4.78 is 73.9. The van der Waals surface area contributed by atoms with Crippen LogP contribution in [0, 0.1) is 0 Å². The van der Waals surface area contributed by atoms with Gasteiger partial charge in [0.05, 0.1) is 11.1 Å². The molecule has 1 aromatic rings. The van der Waals surface area contributed by atoms with E-state index >= 15 is 0 Å². The van der Waals surface area contributed by atoms with E-state index in [2.05, 4.69) is 0 Å². The third-order valence-electron chi connectivity index (χ3n) is 1.99. The molecule has 1 nitrogen and oxygen atoms in total. The Kier molecular flexibility index (Phi) is 5.59. The standard InChI is InChI=1S/C10H6F6O.C2H6/c1-5(17)6-2-7(9(11,12)13)4-8(3-6)10(14,15)16;1-2/h2-4H,1H3;1-2H3. The summed E-state index contributed by atoms with van der Waals surface area (Å²) in [4.78, 5) is 10.9. The van der Waals surface area contributed by atoms with E-state index in [1.807, 2.05) is 13.8 Å². The molecular formula is C12H12F6O. The van der Waals surface area contributed by atoms with Gasteiger partial charge in [-0.2, -0.15) is 26.3 Å². The topological polar surface area (TPSA) is 17.1 Å². The van der Waals surface area contributed by atoms with E-state index in [1.165, 1.54) is 0 Å². The van der Waals surface area contributed by atoms with E-state index in [1.54, 1.807) is 0 Å². The van der Waals surface area contributed by atoms with Gasteiger partial charge < -0.3 is 0 Å². The number of ketones is 1. The first kappa shape index (κ1) is 17.5. The van der Waals surface area contributed by atoms with Gasteiger partial charge in [-0.3, -0.25) is 4.79 Å². The summed E-state index contributed by atoms with van der Waals surface area (Å²) in [5.41, 5.74) is -3.60. The molecule has 0 radical (unpaired) electrons. The van der Waals surface area contributed by atoms with E-state index < -0.39 is 34.8 Å². The Balaban J connectivity index is 0.00000154. The molecule has 0 saturated carbocycles. The zero-order chi connectivity index (χ0) is 15.4. The minimum atomic E-state index is -4.93. The summed E-state index contributed by atoms with van der Waals surface area (Å²) in [5.74, 6) is -0.860. The second-order valence-electron chi connectivity index (χ2n) is 3.35. The van der Waals surface area contributed by atoms with Crippen LogP contribution in [0.15, 0.2) is 18.2 Å². The molecule has 0 fully saturated rings. The largest absolute Gasteiger partial charge is 0.416 e. The Hall–Kier alpha value is -1.53. The summed E-state index contributed by atoms with van der Waals surface area (Å²) in [6, 6.07) is 0.779. The van der Waals surface area contributed by atoms with Crippen LogP contribution in [0.3, 0.4) is 0 Å². The highest BCUT2D eigenvalue weighted by Crippen LogP contribution is 2.36. The Labute approximate surface area is 106 Å². The first-order valence-electron chi connectivity index (χ1n) is 5.32. The van der Waals surface area contributed by atoms with Gasteiger partial charge in [-0.05, 0) is 25.1 Å². The fourth-order valence-electron chi connectivity index (χ4n) is 1.16. The van der Waals surface area contributed by atoms with Crippen LogP contribution in [0.1, 0.15) is 42.3 Å². The van der Waals surface area contributed by atoms with Gasteiger partial charge in [-0.25, -0.2) is 0 Å². The minimum absolute atomic E-state index is 0.0214. The molecule has 0 aliphatic carbocycles. The molecule has 1 aromatic carbocycles. The lowest BCUT2D eigenvalue weighted by molar-refractivity contribution is -0.143. The van der Waals surface area contributed by atoms with Crippen molar-refractivity contribution in [2.45, 2.75) is 33.1 Å². The monoisotopic (exact) mass is 286 g/mol. The lowest BCUT2D eigenvalue weighted by Crippen LogP contribution is -2.12. The number of alkyl halides is 6. The molecule has 1 rings (SSSR count). The maximum Gasteiger partial charge on any atom is 0.416 e. The molecule has 108 valence electrons. The number of hydrogen-bond donors (Lipinski definition) is 0. The lowest BCUT2D eigenvalue weighted by Gasteiger charge is -2.12. The smallest absolute Gasteiger partial charge is 0.295 e. The third-order valence-corrected chi connectivity index (χ3v) is 1.99. The highest BCUT2D eigenvalue weighted by molar-refractivity contribution is 5.94. The van der Waals surface area contributed by atoms with Crippen molar-refractivity contribution in [2.75, 3.05) is 0 Å². The van der Waals surface area contributed by atoms with Crippen LogP contribution in [0.4, 0.5) is 26.3 Å². The molecule has 0 unspecified atom stereocenters.